The number of hydrogen-bond acceptors (Lipinski definition) is 2. The molecule has 1 aliphatic carbocycles. The van der Waals surface area contributed by atoms with E-state index >= 15 is 0 Å². The molecule has 5 heteroatoms. The van der Waals surface area contributed by atoms with E-state index in [-0.39, 0.29) is 3.92 Å². The van der Waals surface area contributed by atoms with Gasteiger partial charge in [-0.15, -0.1) is 0 Å². The summed E-state index contributed by atoms with van der Waals surface area (Å²) in [4.78, 5) is 0. The Kier molecular flexibility index (Phi) is 7.64. The maximum Gasteiger partial charge on any atom is 0.146 e. The Morgan fingerprint density at radius 3 is 2.61 bits per heavy atom. The molecule has 2 nitrogen and oxygen atoms in total. The Hall–Kier alpha value is 0.797. The molecular formula is C13H26FIO2Si. The highest BCUT2D eigenvalue weighted by atomic mass is 127. The largest absolute Gasteiger partial charge is 0.356 e. The normalized spacial score (nSPS) is 29.5. The average Bonchev–Trinajstić information content (AvgIpc) is 2.27. The first-order chi connectivity index (χ1) is 8.40. The highest BCUT2D eigenvalue weighted by molar-refractivity contribution is 14.1. The molecule has 0 radical (unpaired) electrons. The van der Waals surface area contributed by atoms with Crippen molar-refractivity contribution in [3.8, 4) is 0 Å². The zero-order valence-corrected chi connectivity index (χ0v) is 14.9. The van der Waals surface area contributed by atoms with Gasteiger partial charge in [0.2, 0.25) is 0 Å². The van der Waals surface area contributed by atoms with Gasteiger partial charge in [0.15, 0.2) is 0 Å². The molecule has 0 unspecified atom stereocenters. The summed E-state index contributed by atoms with van der Waals surface area (Å²) in [6.07, 6.45) is 2.14. The summed E-state index contributed by atoms with van der Waals surface area (Å²) < 4.78 is 24.6. The van der Waals surface area contributed by atoms with Crippen molar-refractivity contribution in [3.63, 3.8) is 0 Å². The van der Waals surface area contributed by atoms with Crippen LogP contribution in [0.25, 0.3) is 0 Å². The minimum absolute atomic E-state index is 0.110. The van der Waals surface area contributed by atoms with E-state index < -0.39 is 14.2 Å². The van der Waals surface area contributed by atoms with E-state index in [2.05, 4.69) is 42.2 Å². The van der Waals surface area contributed by atoms with Crippen molar-refractivity contribution in [1.82, 2.24) is 0 Å². The topological polar surface area (TPSA) is 18.5 Å². The van der Waals surface area contributed by atoms with Crippen LogP contribution in [0.15, 0.2) is 0 Å². The molecule has 0 heterocycles. The molecule has 0 aromatic heterocycles. The summed E-state index contributed by atoms with van der Waals surface area (Å²) >= 11 is 2.23. The second-order valence-electron chi connectivity index (χ2n) is 6.36. The Morgan fingerprint density at radius 2 is 1.94 bits per heavy atom. The third-order valence-electron chi connectivity index (χ3n) is 3.35. The summed E-state index contributed by atoms with van der Waals surface area (Å²) in [6.45, 7) is 8.80. The lowest BCUT2D eigenvalue weighted by Crippen LogP contribution is -2.33. The van der Waals surface area contributed by atoms with E-state index in [1.165, 1.54) is 6.04 Å². The van der Waals surface area contributed by atoms with Gasteiger partial charge in [-0.1, -0.05) is 48.7 Å². The molecule has 0 N–H and O–H groups in total. The molecule has 0 spiro atoms. The van der Waals surface area contributed by atoms with Gasteiger partial charge in [-0.2, -0.15) is 0 Å². The minimum Gasteiger partial charge on any atom is -0.356 e. The fourth-order valence-electron chi connectivity index (χ4n) is 2.06. The van der Waals surface area contributed by atoms with Gasteiger partial charge < -0.3 is 9.47 Å². The van der Waals surface area contributed by atoms with Crippen LogP contribution in [0.5, 0.6) is 0 Å². The minimum atomic E-state index is -1.00. The van der Waals surface area contributed by atoms with Crippen molar-refractivity contribution >= 4 is 30.7 Å². The number of hydrogen-bond donors (Lipinski definition) is 0. The van der Waals surface area contributed by atoms with Crippen LogP contribution < -0.4 is 0 Å². The predicted molar refractivity (Wildman–Crippen MR) is 85.0 cm³/mol. The third-order valence-corrected chi connectivity index (χ3v) is 6.85. The van der Waals surface area contributed by atoms with Crippen molar-refractivity contribution in [1.29, 1.82) is 0 Å². The summed E-state index contributed by atoms with van der Waals surface area (Å²) in [5, 5.41) is 0. The zero-order chi connectivity index (χ0) is 13.6. The average molecular weight is 388 g/mol. The molecule has 1 aliphatic rings. The molecule has 3 atom stereocenters. The molecule has 1 saturated carbocycles. The third kappa shape index (κ3) is 6.82. The lowest BCUT2D eigenvalue weighted by atomic mass is 9.88. The fourth-order valence-corrected chi connectivity index (χ4v) is 3.74. The van der Waals surface area contributed by atoms with Crippen molar-refractivity contribution < 1.29 is 13.9 Å². The smallest absolute Gasteiger partial charge is 0.146 e. The molecule has 18 heavy (non-hydrogen) atoms. The van der Waals surface area contributed by atoms with Crippen LogP contribution in [-0.4, -0.2) is 38.2 Å². The van der Waals surface area contributed by atoms with Crippen LogP contribution in [0.4, 0.5) is 4.39 Å². The van der Waals surface area contributed by atoms with E-state index in [1.807, 2.05) is 0 Å². The molecule has 1 fully saturated rings. The first kappa shape index (κ1) is 16.9. The first-order valence-corrected chi connectivity index (χ1v) is 11.8. The maximum atomic E-state index is 13.5. The Bertz CT molecular complexity index is 236. The fraction of sp³-hybridized carbons (Fsp3) is 1.00. The van der Waals surface area contributed by atoms with Crippen LogP contribution in [-0.2, 0) is 9.47 Å². The summed E-state index contributed by atoms with van der Waals surface area (Å²) in [5.41, 5.74) is 0. The lowest BCUT2D eigenvalue weighted by molar-refractivity contribution is -0.0646. The van der Waals surface area contributed by atoms with Gasteiger partial charge in [0, 0.05) is 18.6 Å². The molecule has 0 aromatic rings. The number of ether oxygens (including phenoxy) is 2. The number of rotatable bonds is 7. The Labute approximate surface area is 125 Å². The van der Waals surface area contributed by atoms with Gasteiger partial charge in [-0.3, -0.25) is 0 Å². The Morgan fingerprint density at radius 1 is 1.22 bits per heavy atom. The van der Waals surface area contributed by atoms with Gasteiger partial charge in [0.1, 0.15) is 13.0 Å². The maximum absolute atomic E-state index is 13.5. The first-order valence-electron chi connectivity index (χ1n) is 6.84. The van der Waals surface area contributed by atoms with E-state index in [9.17, 15) is 4.39 Å². The van der Waals surface area contributed by atoms with E-state index in [0.29, 0.717) is 19.3 Å². The SMILES string of the molecule is C[Si](C)(C)CCOCOC[C@@H]1CCC[C@@H](F)[C@@H]1I. The van der Waals surface area contributed by atoms with Crippen LogP contribution in [0.1, 0.15) is 19.3 Å². The quantitative estimate of drug-likeness (QED) is 0.213. The molecule has 0 amide bonds. The molecule has 0 saturated heterocycles. The van der Waals surface area contributed by atoms with Crippen molar-refractivity contribution in [2.24, 2.45) is 5.92 Å². The van der Waals surface area contributed by atoms with Gasteiger partial charge >= 0.3 is 0 Å². The summed E-state index contributed by atoms with van der Waals surface area (Å²) in [6, 6.07) is 1.17. The second-order valence-corrected chi connectivity index (χ2v) is 13.4. The van der Waals surface area contributed by atoms with Crippen molar-refractivity contribution in [3.05, 3.63) is 0 Å². The van der Waals surface area contributed by atoms with Gasteiger partial charge in [0.05, 0.1) is 6.61 Å². The van der Waals surface area contributed by atoms with Crippen LogP contribution in [0.2, 0.25) is 25.7 Å². The van der Waals surface area contributed by atoms with Crippen LogP contribution in [0.3, 0.4) is 0 Å². The number of alkyl halides is 2. The molecular weight excluding hydrogens is 362 g/mol. The summed E-state index contributed by atoms with van der Waals surface area (Å²) in [5.74, 6) is 0.356. The molecule has 108 valence electrons. The lowest BCUT2D eigenvalue weighted by Gasteiger charge is -2.30. The highest BCUT2D eigenvalue weighted by Gasteiger charge is 2.31. The van der Waals surface area contributed by atoms with Crippen LogP contribution >= 0.6 is 22.6 Å². The standard InChI is InChI=1S/C13H26FIO2Si/c1-18(2,3)8-7-16-10-17-9-11-5-4-6-12(14)13(11)15/h11-13H,4-10H2,1-3H3/t11-,12+,13+/m0/s1. The number of halogens is 2. The van der Waals surface area contributed by atoms with Gasteiger partial charge in [-0.25, -0.2) is 4.39 Å². The van der Waals surface area contributed by atoms with Gasteiger partial charge in [-0.05, 0) is 24.8 Å². The monoisotopic (exact) mass is 388 g/mol. The van der Waals surface area contributed by atoms with E-state index in [4.69, 9.17) is 9.47 Å². The zero-order valence-electron chi connectivity index (χ0n) is 11.8. The van der Waals surface area contributed by atoms with Crippen LogP contribution in [0, 0.1) is 5.92 Å². The predicted octanol–water partition coefficient (Wildman–Crippen LogP) is 4.26. The second kappa shape index (κ2) is 8.17. The summed E-state index contributed by atoms with van der Waals surface area (Å²) in [7, 11) is -1.00. The molecule has 1 rings (SSSR count). The molecule has 0 aromatic carbocycles. The molecule has 0 aliphatic heterocycles. The van der Waals surface area contributed by atoms with Crippen molar-refractivity contribution in [2.75, 3.05) is 20.0 Å². The van der Waals surface area contributed by atoms with Crippen molar-refractivity contribution in [2.45, 2.75) is 55.0 Å². The highest BCUT2D eigenvalue weighted by Crippen LogP contribution is 2.32. The van der Waals surface area contributed by atoms with E-state index in [1.54, 1.807) is 0 Å². The molecule has 0 bridgehead atoms. The van der Waals surface area contributed by atoms with E-state index in [0.717, 1.165) is 25.9 Å². The Balaban J connectivity index is 2.04. The van der Waals surface area contributed by atoms with Gasteiger partial charge in [0.25, 0.3) is 0 Å².